The number of nitrogens with one attached hydrogen (secondary N) is 1. The molecule has 12 heteroatoms. The van der Waals surface area contributed by atoms with Crippen LogP contribution in [0.3, 0.4) is 0 Å². The molecule has 3 N–H and O–H groups in total. The van der Waals surface area contributed by atoms with E-state index in [0.717, 1.165) is 10.0 Å². The smallest absolute Gasteiger partial charge is 0.410 e. The molecule has 11 nitrogen and oxygen atoms in total. The summed E-state index contributed by atoms with van der Waals surface area (Å²) in [4.78, 5) is 55.7. The second-order valence-electron chi connectivity index (χ2n) is 11.0. The number of ether oxygens (including phenoxy) is 1. The number of benzene rings is 2. The third-order valence-electron chi connectivity index (χ3n) is 6.77. The highest BCUT2D eigenvalue weighted by atomic mass is 32.2. The molecule has 2 atom stereocenters. The lowest BCUT2D eigenvalue weighted by molar-refractivity contribution is -0.145. The second kappa shape index (κ2) is 14.4. The van der Waals surface area contributed by atoms with Gasteiger partial charge >= 0.3 is 6.09 Å². The van der Waals surface area contributed by atoms with Gasteiger partial charge in [0.1, 0.15) is 30.2 Å². The molecule has 0 aliphatic carbocycles. The van der Waals surface area contributed by atoms with E-state index >= 15 is 0 Å². The molecule has 228 valence electrons. The van der Waals surface area contributed by atoms with Gasteiger partial charge < -0.3 is 20.3 Å². The summed E-state index contributed by atoms with van der Waals surface area (Å²) in [5.41, 5.74) is 0.0922. The van der Waals surface area contributed by atoms with Gasteiger partial charge in [-0.25, -0.2) is 14.8 Å². The van der Waals surface area contributed by atoms with Crippen molar-refractivity contribution in [3.8, 4) is 5.75 Å². The maximum atomic E-state index is 14.2. The standard InChI is InChI=1S/C30H40N4O7S/c1-20-22(13-9-15-25(20)36)26(37)31-23(16-18-42-5)27(38)34(21-11-7-6-8-12-21)33(19-35)28(39)24-14-10-17-32(24)29(40)41-30(2,3)4/h6-9,11-13,15,23-24,35-36H,10,14,16-19H2,1-5H3,(H,31,37)/t23-,24-/m0/s1. The number of phenols is 1. The molecule has 4 amide bonds. The minimum absolute atomic E-state index is 0.0521. The topological polar surface area (TPSA) is 140 Å². The van der Waals surface area contributed by atoms with E-state index in [1.54, 1.807) is 64.1 Å². The zero-order valence-corrected chi connectivity index (χ0v) is 25.5. The molecule has 1 aliphatic heterocycles. The molecule has 0 aromatic heterocycles. The molecular weight excluding hydrogens is 560 g/mol. The minimum atomic E-state index is -1.08. The maximum Gasteiger partial charge on any atom is 0.410 e. The number of nitrogens with zero attached hydrogens (tertiary/aromatic N) is 3. The van der Waals surface area contributed by atoms with Crippen LogP contribution in [0.2, 0.25) is 0 Å². The Bertz CT molecular complexity index is 1270. The molecule has 2 aromatic carbocycles. The van der Waals surface area contributed by atoms with E-state index in [1.165, 1.54) is 28.8 Å². The molecule has 0 spiro atoms. The molecule has 1 aliphatic rings. The van der Waals surface area contributed by atoms with Crippen molar-refractivity contribution >= 4 is 41.3 Å². The third kappa shape index (κ3) is 7.95. The summed E-state index contributed by atoms with van der Waals surface area (Å²) in [6, 6.07) is 10.8. The number of amides is 4. The van der Waals surface area contributed by atoms with Gasteiger partial charge in [0, 0.05) is 17.7 Å². The van der Waals surface area contributed by atoms with Crippen molar-refractivity contribution in [3.05, 3.63) is 59.7 Å². The summed E-state index contributed by atoms with van der Waals surface area (Å²) in [6.07, 6.45) is 2.32. The largest absolute Gasteiger partial charge is 0.508 e. The van der Waals surface area contributed by atoms with Crippen LogP contribution >= 0.6 is 11.8 Å². The van der Waals surface area contributed by atoms with Crippen molar-refractivity contribution in [2.45, 2.75) is 64.6 Å². The average molecular weight is 601 g/mol. The number of likely N-dealkylation sites (tertiary alicyclic amines) is 1. The first kappa shape index (κ1) is 32.7. The van der Waals surface area contributed by atoms with Crippen molar-refractivity contribution in [1.29, 1.82) is 0 Å². The molecule has 2 aromatic rings. The first-order valence-corrected chi connectivity index (χ1v) is 15.2. The van der Waals surface area contributed by atoms with Gasteiger partial charge in [0.2, 0.25) is 0 Å². The molecule has 1 saturated heterocycles. The summed E-state index contributed by atoms with van der Waals surface area (Å²) >= 11 is 1.48. The van der Waals surface area contributed by atoms with Gasteiger partial charge in [-0.05, 0) is 83.2 Å². The third-order valence-corrected chi connectivity index (χ3v) is 7.41. The molecule has 0 unspecified atom stereocenters. The van der Waals surface area contributed by atoms with Gasteiger partial charge in [-0.3, -0.25) is 19.3 Å². The number of aromatic hydroxyl groups is 1. The Balaban J connectivity index is 1.97. The Labute approximate surface area is 250 Å². The summed E-state index contributed by atoms with van der Waals surface area (Å²) in [5, 5.41) is 25.3. The highest BCUT2D eigenvalue weighted by Crippen LogP contribution is 2.26. The lowest BCUT2D eigenvalue weighted by atomic mass is 10.1. The number of hydrazine groups is 1. The van der Waals surface area contributed by atoms with E-state index in [9.17, 15) is 29.4 Å². The summed E-state index contributed by atoms with van der Waals surface area (Å²) in [7, 11) is 0. The number of hydrogen-bond acceptors (Lipinski definition) is 8. The SMILES string of the molecule is CSCC[C@H](NC(=O)c1cccc(O)c1C)C(=O)N(c1ccccc1)N(CO)C(=O)[C@@H]1CCCN1C(=O)OC(C)(C)C. The van der Waals surface area contributed by atoms with Crippen LogP contribution in [0.4, 0.5) is 10.5 Å². The van der Waals surface area contributed by atoms with Crippen LogP contribution in [0, 0.1) is 6.92 Å². The van der Waals surface area contributed by atoms with Crippen molar-refractivity contribution in [3.63, 3.8) is 0 Å². The zero-order chi connectivity index (χ0) is 31.0. The lowest BCUT2D eigenvalue weighted by Crippen LogP contribution is -2.60. The van der Waals surface area contributed by atoms with Crippen molar-refractivity contribution in [1.82, 2.24) is 15.2 Å². The fourth-order valence-corrected chi connectivity index (χ4v) is 5.14. The van der Waals surface area contributed by atoms with Crippen molar-refractivity contribution in [2.75, 3.05) is 30.3 Å². The van der Waals surface area contributed by atoms with E-state index in [0.29, 0.717) is 36.4 Å². The number of carbonyl (C=O) groups is 4. The van der Waals surface area contributed by atoms with E-state index in [1.807, 2.05) is 6.26 Å². The molecule has 42 heavy (non-hydrogen) atoms. The van der Waals surface area contributed by atoms with Crippen LogP contribution < -0.4 is 10.3 Å². The second-order valence-corrected chi connectivity index (χ2v) is 11.9. The Morgan fingerprint density at radius 1 is 1.12 bits per heavy atom. The number of phenolic OH excluding ortho intramolecular Hbond substituents is 1. The molecule has 3 rings (SSSR count). The molecule has 1 fully saturated rings. The van der Waals surface area contributed by atoms with Crippen molar-refractivity contribution in [2.24, 2.45) is 0 Å². The highest BCUT2D eigenvalue weighted by Gasteiger charge is 2.42. The van der Waals surface area contributed by atoms with Gasteiger partial charge in [-0.2, -0.15) is 11.8 Å². The van der Waals surface area contributed by atoms with Gasteiger partial charge in [0.25, 0.3) is 17.7 Å². The van der Waals surface area contributed by atoms with Crippen molar-refractivity contribution < 1.29 is 34.1 Å². The van der Waals surface area contributed by atoms with Gasteiger partial charge in [0.15, 0.2) is 0 Å². The van der Waals surface area contributed by atoms with E-state index in [2.05, 4.69) is 5.32 Å². The quantitative estimate of drug-likeness (QED) is 0.293. The van der Waals surface area contributed by atoms with Crippen LogP contribution in [-0.4, -0.2) is 86.9 Å². The van der Waals surface area contributed by atoms with Crippen LogP contribution in [0.5, 0.6) is 5.75 Å². The van der Waals surface area contributed by atoms with Gasteiger partial charge in [0.05, 0.1) is 5.69 Å². The Hall–Kier alpha value is -3.77. The van der Waals surface area contributed by atoms with E-state index < -0.39 is 48.2 Å². The summed E-state index contributed by atoms with van der Waals surface area (Å²) in [5.74, 6) is -1.41. The number of rotatable bonds is 9. The minimum Gasteiger partial charge on any atom is -0.508 e. The number of aliphatic hydroxyl groups is 1. The van der Waals surface area contributed by atoms with Crippen LogP contribution in [0.1, 0.15) is 56.0 Å². The lowest BCUT2D eigenvalue weighted by Gasteiger charge is -2.38. The molecule has 0 saturated carbocycles. The summed E-state index contributed by atoms with van der Waals surface area (Å²) in [6.45, 7) is 6.23. The summed E-state index contributed by atoms with van der Waals surface area (Å²) < 4.78 is 5.50. The Morgan fingerprint density at radius 2 is 1.81 bits per heavy atom. The number of para-hydroxylation sites is 1. The molecule has 0 radical (unpaired) electrons. The van der Waals surface area contributed by atoms with E-state index in [4.69, 9.17) is 4.74 Å². The van der Waals surface area contributed by atoms with Crippen LogP contribution in [0.25, 0.3) is 0 Å². The predicted octanol–water partition coefficient (Wildman–Crippen LogP) is 3.68. The molecule has 1 heterocycles. The number of carbonyl (C=O) groups excluding carboxylic acids is 4. The number of thioether (sulfide) groups is 1. The van der Waals surface area contributed by atoms with Gasteiger partial charge in [-0.15, -0.1) is 0 Å². The van der Waals surface area contributed by atoms with E-state index in [-0.39, 0.29) is 17.7 Å². The Kier molecular flexibility index (Phi) is 11.2. The van der Waals surface area contributed by atoms with Crippen LogP contribution in [-0.2, 0) is 14.3 Å². The zero-order valence-electron chi connectivity index (χ0n) is 24.7. The fraction of sp³-hybridized carbons (Fsp3) is 0.467. The number of anilines is 1. The Morgan fingerprint density at radius 3 is 2.43 bits per heavy atom. The molecule has 0 bridgehead atoms. The fourth-order valence-electron chi connectivity index (χ4n) is 4.67. The number of aliphatic hydroxyl groups excluding tert-OH is 1. The maximum absolute atomic E-state index is 14.2. The highest BCUT2D eigenvalue weighted by molar-refractivity contribution is 7.98. The predicted molar refractivity (Wildman–Crippen MR) is 161 cm³/mol. The first-order chi connectivity index (χ1) is 19.9. The molecular formula is C30H40N4O7S. The van der Waals surface area contributed by atoms with Gasteiger partial charge in [-0.1, -0.05) is 24.3 Å². The normalized spacial score (nSPS) is 15.6. The van der Waals surface area contributed by atoms with Crippen LogP contribution in [0.15, 0.2) is 48.5 Å². The first-order valence-electron chi connectivity index (χ1n) is 13.8. The monoisotopic (exact) mass is 600 g/mol. The average Bonchev–Trinajstić information content (AvgIpc) is 3.44. The number of hydrogen-bond donors (Lipinski definition) is 3.